The number of nitro benzene ring substituents is 1. The Bertz CT molecular complexity index is 538. The quantitative estimate of drug-likeness (QED) is 0.520. The number of nitro groups is 1. The van der Waals surface area contributed by atoms with Crippen molar-refractivity contribution in [3.8, 4) is 0 Å². The first-order chi connectivity index (χ1) is 9.49. The van der Waals surface area contributed by atoms with Crippen molar-refractivity contribution in [2.24, 2.45) is 0 Å². The molecule has 7 heteroatoms. The van der Waals surface area contributed by atoms with Crippen molar-refractivity contribution in [2.75, 3.05) is 0 Å². The summed E-state index contributed by atoms with van der Waals surface area (Å²) in [6.45, 7) is 0. The van der Waals surface area contributed by atoms with Crippen LogP contribution < -0.4 is 5.32 Å². The molecular formula is C13H14BrFN2O3. The number of rotatable bonds is 3. The monoisotopic (exact) mass is 344 g/mol. The normalized spacial score (nSPS) is 22.3. The summed E-state index contributed by atoms with van der Waals surface area (Å²) in [6, 6.07) is 2.91. The average molecular weight is 345 g/mol. The minimum absolute atomic E-state index is 0.0547. The number of carbonyl (C=O) groups excluding carboxylic acids is 1. The van der Waals surface area contributed by atoms with Gasteiger partial charge in [-0.1, -0.05) is 28.8 Å². The molecule has 1 amide bonds. The van der Waals surface area contributed by atoms with Crippen LogP contribution in [-0.2, 0) is 0 Å². The Hall–Kier alpha value is -1.50. The predicted octanol–water partition coefficient (Wildman–Crippen LogP) is 3.17. The minimum Gasteiger partial charge on any atom is -0.348 e. The van der Waals surface area contributed by atoms with E-state index in [4.69, 9.17) is 0 Å². The van der Waals surface area contributed by atoms with Gasteiger partial charge in [0.2, 0.25) is 0 Å². The molecule has 0 aromatic heterocycles. The van der Waals surface area contributed by atoms with Crippen LogP contribution >= 0.6 is 15.9 Å². The second-order valence-electron chi connectivity index (χ2n) is 4.80. The number of benzene rings is 1. The molecule has 2 atom stereocenters. The summed E-state index contributed by atoms with van der Waals surface area (Å²) >= 11 is 3.51. The fourth-order valence-corrected chi connectivity index (χ4v) is 3.06. The second kappa shape index (κ2) is 6.30. The van der Waals surface area contributed by atoms with Crippen molar-refractivity contribution in [1.29, 1.82) is 0 Å². The maximum Gasteiger partial charge on any atom is 0.285 e. The van der Waals surface area contributed by atoms with Gasteiger partial charge in [-0.05, 0) is 25.0 Å². The molecule has 0 aliphatic heterocycles. The molecule has 0 bridgehead atoms. The van der Waals surface area contributed by atoms with Crippen molar-refractivity contribution >= 4 is 27.5 Å². The summed E-state index contributed by atoms with van der Waals surface area (Å²) in [5, 5.41) is 13.7. The third-order valence-corrected chi connectivity index (χ3v) is 4.50. The molecule has 0 heterocycles. The summed E-state index contributed by atoms with van der Waals surface area (Å²) in [5.74, 6) is -1.27. The Balaban J connectivity index is 2.18. The van der Waals surface area contributed by atoms with Crippen molar-refractivity contribution < 1.29 is 14.1 Å². The number of amides is 1. The zero-order valence-electron chi connectivity index (χ0n) is 10.6. The van der Waals surface area contributed by atoms with E-state index in [0.717, 1.165) is 43.9 Å². The lowest BCUT2D eigenvalue weighted by Crippen LogP contribution is -2.42. The van der Waals surface area contributed by atoms with Gasteiger partial charge in [0.25, 0.3) is 11.6 Å². The molecule has 1 aliphatic rings. The van der Waals surface area contributed by atoms with Gasteiger partial charge < -0.3 is 5.32 Å². The highest BCUT2D eigenvalue weighted by molar-refractivity contribution is 9.09. The smallest absolute Gasteiger partial charge is 0.285 e. The van der Waals surface area contributed by atoms with E-state index in [2.05, 4.69) is 21.2 Å². The highest BCUT2D eigenvalue weighted by atomic mass is 79.9. The Morgan fingerprint density at radius 1 is 1.40 bits per heavy atom. The number of nitrogens with zero attached hydrogens (tertiary/aromatic N) is 1. The summed E-state index contributed by atoms with van der Waals surface area (Å²) in [4.78, 5) is 22.4. The van der Waals surface area contributed by atoms with Gasteiger partial charge in [0, 0.05) is 10.9 Å². The summed E-state index contributed by atoms with van der Waals surface area (Å²) in [7, 11) is 0. The Labute approximate surface area is 123 Å². The molecule has 1 aromatic rings. The topological polar surface area (TPSA) is 72.2 Å². The molecule has 1 saturated carbocycles. The van der Waals surface area contributed by atoms with Gasteiger partial charge in [-0.25, -0.2) is 4.39 Å². The lowest BCUT2D eigenvalue weighted by molar-refractivity contribution is -0.385. The second-order valence-corrected chi connectivity index (χ2v) is 5.98. The molecule has 1 fully saturated rings. The number of alkyl halides is 1. The summed E-state index contributed by atoms with van der Waals surface area (Å²) < 4.78 is 13.0. The molecule has 1 aromatic carbocycles. The molecule has 20 heavy (non-hydrogen) atoms. The zero-order chi connectivity index (χ0) is 14.7. The number of hydrogen-bond donors (Lipinski definition) is 1. The van der Waals surface area contributed by atoms with Crippen LogP contribution in [0.1, 0.15) is 36.0 Å². The molecule has 5 nitrogen and oxygen atoms in total. The Kier molecular flexibility index (Phi) is 4.69. The third kappa shape index (κ3) is 3.33. The zero-order valence-corrected chi connectivity index (χ0v) is 12.2. The molecule has 108 valence electrons. The van der Waals surface area contributed by atoms with Crippen molar-refractivity contribution in [2.45, 2.75) is 36.6 Å². The number of hydrogen-bond acceptors (Lipinski definition) is 3. The Morgan fingerprint density at radius 3 is 2.75 bits per heavy atom. The first-order valence-electron chi connectivity index (χ1n) is 6.38. The highest BCUT2D eigenvalue weighted by Crippen LogP contribution is 2.26. The standard InChI is InChI=1S/C13H14BrFN2O3/c14-10-3-1-2-4-11(10)16-13(18)9-6-5-8(15)7-12(9)17(19)20/h5-7,10-11H,1-4H2,(H,16,18). The number of nitrogens with one attached hydrogen (secondary N) is 1. The largest absolute Gasteiger partial charge is 0.348 e. The molecule has 2 rings (SSSR count). The van der Waals surface area contributed by atoms with E-state index in [-0.39, 0.29) is 16.4 Å². The fourth-order valence-electron chi connectivity index (χ4n) is 2.34. The van der Waals surface area contributed by atoms with Gasteiger partial charge in [-0.2, -0.15) is 0 Å². The van der Waals surface area contributed by atoms with Crippen LogP contribution in [0.5, 0.6) is 0 Å². The fraction of sp³-hybridized carbons (Fsp3) is 0.462. The van der Waals surface area contributed by atoms with Crippen LogP contribution in [0.2, 0.25) is 0 Å². The van der Waals surface area contributed by atoms with Crippen LogP contribution in [0.15, 0.2) is 18.2 Å². The number of halogens is 2. The van der Waals surface area contributed by atoms with Crippen LogP contribution in [0.25, 0.3) is 0 Å². The van der Waals surface area contributed by atoms with Crippen molar-refractivity contribution in [1.82, 2.24) is 5.32 Å². The minimum atomic E-state index is -0.746. The average Bonchev–Trinajstić information content (AvgIpc) is 2.41. The van der Waals surface area contributed by atoms with E-state index in [1.165, 1.54) is 0 Å². The van der Waals surface area contributed by atoms with Gasteiger partial charge in [-0.15, -0.1) is 0 Å². The third-order valence-electron chi connectivity index (χ3n) is 3.40. The molecule has 2 unspecified atom stereocenters. The van der Waals surface area contributed by atoms with E-state index in [0.29, 0.717) is 0 Å². The van der Waals surface area contributed by atoms with Gasteiger partial charge >= 0.3 is 0 Å². The van der Waals surface area contributed by atoms with Gasteiger partial charge in [0.1, 0.15) is 11.4 Å². The lowest BCUT2D eigenvalue weighted by Gasteiger charge is -2.28. The lowest BCUT2D eigenvalue weighted by atomic mass is 9.95. The number of carbonyl (C=O) groups is 1. The van der Waals surface area contributed by atoms with E-state index in [1.54, 1.807) is 0 Å². The summed E-state index contributed by atoms with van der Waals surface area (Å²) in [5.41, 5.74) is -0.619. The maximum atomic E-state index is 13.0. The molecule has 0 radical (unpaired) electrons. The van der Waals surface area contributed by atoms with Crippen LogP contribution in [-0.4, -0.2) is 21.7 Å². The first kappa shape index (κ1) is 14.9. The molecule has 0 spiro atoms. The van der Waals surface area contributed by atoms with E-state index < -0.39 is 22.3 Å². The van der Waals surface area contributed by atoms with Gasteiger partial charge in [0.15, 0.2) is 0 Å². The Morgan fingerprint density at radius 2 is 2.10 bits per heavy atom. The van der Waals surface area contributed by atoms with Crippen LogP contribution in [0.4, 0.5) is 10.1 Å². The predicted molar refractivity (Wildman–Crippen MR) is 75.5 cm³/mol. The maximum absolute atomic E-state index is 13.0. The van der Waals surface area contributed by atoms with E-state index in [1.807, 2.05) is 0 Å². The van der Waals surface area contributed by atoms with Crippen molar-refractivity contribution in [3.05, 3.63) is 39.7 Å². The SMILES string of the molecule is O=C(NC1CCCCC1Br)c1ccc(F)cc1[N+](=O)[O-]. The molecule has 1 aliphatic carbocycles. The van der Waals surface area contributed by atoms with Gasteiger partial charge in [0.05, 0.1) is 11.0 Å². The van der Waals surface area contributed by atoms with Crippen LogP contribution in [0.3, 0.4) is 0 Å². The highest BCUT2D eigenvalue weighted by Gasteiger charge is 2.27. The molecule has 1 N–H and O–H groups in total. The van der Waals surface area contributed by atoms with Gasteiger partial charge in [-0.3, -0.25) is 14.9 Å². The van der Waals surface area contributed by atoms with E-state index >= 15 is 0 Å². The first-order valence-corrected chi connectivity index (χ1v) is 7.29. The molecule has 0 saturated heterocycles. The molecular weight excluding hydrogens is 331 g/mol. The summed E-state index contributed by atoms with van der Waals surface area (Å²) in [6.07, 6.45) is 3.89. The van der Waals surface area contributed by atoms with Crippen molar-refractivity contribution in [3.63, 3.8) is 0 Å². The van der Waals surface area contributed by atoms with Crippen LogP contribution in [0, 0.1) is 15.9 Å². The van der Waals surface area contributed by atoms with E-state index in [9.17, 15) is 19.3 Å².